The van der Waals surface area contributed by atoms with Crippen molar-refractivity contribution in [3.8, 4) is 0 Å². The van der Waals surface area contributed by atoms with E-state index in [9.17, 15) is 0 Å². The van der Waals surface area contributed by atoms with Crippen molar-refractivity contribution in [3.63, 3.8) is 0 Å². The molecule has 0 aliphatic carbocycles. The van der Waals surface area contributed by atoms with E-state index in [1.54, 1.807) is 17.8 Å². The van der Waals surface area contributed by atoms with E-state index in [1.165, 1.54) is 0 Å². The Hall–Kier alpha value is -0.380. The second-order valence-corrected chi connectivity index (χ2v) is 6.61. The van der Waals surface area contributed by atoms with Gasteiger partial charge in [0.1, 0.15) is 0 Å². The van der Waals surface area contributed by atoms with Crippen LogP contribution in [0.1, 0.15) is 13.8 Å². The highest BCUT2D eigenvalue weighted by atomic mass is 35.5. The topological polar surface area (TPSA) is 24.4 Å². The van der Waals surface area contributed by atoms with Gasteiger partial charge in [0.05, 0.1) is 10.0 Å². The van der Waals surface area contributed by atoms with Crippen LogP contribution in [0.3, 0.4) is 0 Å². The fourth-order valence-electron chi connectivity index (χ4n) is 1.41. The number of nitrogens with one attached hydrogen (secondary N) is 1. The molecule has 1 aromatic carbocycles. The Labute approximate surface area is 116 Å². The van der Waals surface area contributed by atoms with Crippen LogP contribution in [0.25, 0.3) is 0 Å². The van der Waals surface area contributed by atoms with Crippen molar-refractivity contribution in [2.24, 2.45) is 10.4 Å². The van der Waals surface area contributed by atoms with Gasteiger partial charge in [-0.2, -0.15) is 0 Å². The van der Waals surface area contributed by atoms with Crippen molar-refractivity contribution in [1.82, 2.24) is 0 Å². The van der Waals surface area contributed by atoms with Gasteiger partial charge >= 0.3 is 0 Å². The predicted octanol–water partition coefficient (Wildman–Crippen LogP) is 4.53. The Kier molecular flexibility index (Phi) is 3.91. The first kappa shape index (κ1) is 13.1. The zero-order chi connectivity index (χ0) is 12.5. The van der Waals surface area contributed by atoms with Crippen LogP contribution < -0.4 is 5.32 Å². The molecule has 0 unspecified atom stereocenters. The van der Waals surface area contributed by atoms with Crippen LogP contribution in [-0.4, -0.2) is 17.5 Å². The second kappa shape index (κ2) is 5.09. The highest BCUT2D eigenvalue weighted by molar-refractivity contribution is 8.14. The number of thioether (sulfide) groups is 1. The summed E-state index contributed by atoms with van der Waals surface area (Å²) in [6, 6.07) is 5.49. The maximum Gasteiger partial charge on any atom is 0.161 e. The third-order valence-electron chi connectivity index (χ3n) is 2.42. The lowest BCUT2D eigenvalue weighted by molar-refractivity contribution is 0.438. The number of hydrogen-bond acceptors (Lipinski definition) is 3. The quantitative estimate of drug-likeness (QED) is 0.821. The fourth-order valence-corrected chi connectivity index (χ4v) is 2.68. The van der Waals surface area contributed by atoms with Crippen molar-refractivity contribution in [2.75, 3.05) is 17.6 Å². The van der Waals surface area contributed by atoms with Crippen LogP contribution in [0, 0.1) is 5.41 Å². The Morgan fingerprint density at radius 3 is 2.65 bits per heavy atom. The Balaban J connectivity index is 2.07. The zero-order valence-electron chi connectivity index (χ0n) is 9.76. The molecular weight excluding hydrogens is 275 g/mol. The molecule has 17 heavy (non-hydrogen) atoms. The fraction of sp³-hybridized carbons (Fsp3) is 0.417. The molecule has 5 heteroatoms. The first-order valence-electron chi connectivity index (χ1n) is 5.36. The standard InChI is InChI=1S/C12H14Cl2N2S/c1-12(2)6-15-11(17-7-12)16-8-3-4-9(13)10(14)5-8/h3-5H,6-7H2,1-2H3,(H,15,16). The number of benzene rings is 1. The molecule has 0 aromatic heterocycles. The van der Waals surface area contributed by atoms with Gasteiger partial charge in [0.2, 0.25) is 0 Å². The summed E-state index contributed by atoms with van der Waals surface area (Å²) in [5, 5.41) is 5.32. The minimum absolute atomic E-state index is 0.285. The molecule has 1 N–H and O–H groups in total. The van der Waals surface area contributed by atoms with Crippen molar-refractivity contribution >= 4 is 45.8 Å². The minimum Gasteiger partial charge on any atom is -0.335 e. The van der Waals surface area contributed by atoms with Gasteiger partial charge in [-0.05, 0) is 23.6 Å². The maximum absolute atomic E-state index is 5.96. The van der Waals surface area contributed by atoms with Gasteiger partial charge in [0.25, 0.3) is 0 Å². The van der Waals surface area contributed by atoms with Gasteiger partial charge < -0.3 is 5.32 Å². The molecule has 0 radical (unpaired) electrons. The maximum atomic E-state index is 5.96. The summed E-state index contributed by atoms with van der Waals surface area (Å²) in [6.07, 6.45) is 0. The van der Waals surface area contributed by atoms with E-state index in [0.717, 1.165) is 23.2 Å². The molecule has 1 aliphatic rings. The number of rotatable bonds is 1. The molecule has 0 atom stereocenters. The van der Waals surface area contributed by atoms with Gasteiger partial charge in [-0.3, -0.25) is 4.99 Å². The lowest BCUT2D eigenvalue weighted by Gasteiger charge is -2.27. The molecule has 0 bridgehead atoms. The molecular formula is C12H14Cl2N2S. The van der Waals surface area contributed by atoms with E-state index in [2.05, 4.69) is 24.2 Å². The van der Waals surface area contributed by atoms with E-state index in [0.29, 0.717) is 10.0 Å². The molecule has 0 saturated carbocycles. The van der Waals surface area contributed by atoms with E-state index in [4.69, 9.17) is 23.2 Å². The number of aliphatic imine (C=N–C) groups is 1. The van der Waals surface area contributed by atoms with E-state index >= 15 is 0 Å². The van der Waals surface area contributed by atoms with Crippen LogP contribution in [0.15, 0.2) is 23.2 Å². The normalized spacial score (nSPS) is 18.7. The molecule has 1 heterocycles. The first-order chi connectivity index (χ1) is 7.96. The summed E-state index contributed by atoms with van der Waals surface area (Å²) in [6.45, 7) is 5.29. The van der Waals surface area contributed by atoms with Gasteiger partial charge in [-0.15, -0.1) is 0 Å². The van der Waals surface area contributed by atoms with Crippen LogP contribution in [0.2, 0.25) is 10.0 Å². The third-order valence-corrected chi connectivity index (χ3v) is 4.59. The lowest BCUT2D eigenvalue weighted by atomic mass is 9.97. The second-order valence-electron chi connectivity index (χ2n) is 4.83. The van der Waals surface area contributed by atoms with Crippen molar-refractivity contribution in [3.05, 3.63) is 28.2 Å². The lowest BCUT2D eigenvalue weighted by Crippen LogP contribution is -2.27. The van der Waals surface area contributed by atoms with Gasteiger partial charge in [0, 0.05) is 18.0 Å². The highest BCUT2D eigenvalue weighted by Crippen LogP contribution is 2.30. The van der Waals surface area contributed by atoms with Gasteiger partial charge in [-0.25, -0.2) is 0 Å². The summed E-state index contributed by atoms with van der Waals surface area (Å²) in [7, 11) is 0. The van der Waals surface area contributed by atoms with Crippen molar-refractivity contribution in [1.29, 1.82) is 0 Å². The molecule has 0 saturated heterocycles. The van der Waals surface area contributed by atoms with E-state index in [-0.39, 0.29) is 5.41 Å². The molecule has 1 aromatic rings. The Morgan fingerprint density at radius 2 is 2.06 bits per heavy atom. The summed E-state index contributed by atoms with van der Waals surface area (Å²) >= 11 is 13.6. The van der Waals surface area contributed by atoms with Crippen molar-refractivity contribution < 1.29 is 0 Å². The molecule has 1 aliphatic heterocycles. The zero-order valence-corrected chi connectivity index (χ0v) is 12.1. The van der Waals surface area contributed by atoms with Crippen LogP contribution in [-0.2, 0) is 0 Å². The summed E-state index contributed by atoms with van der Waals surface area (Å²) < 4.78 is 0. The molecule has 0 fully saturated rings. The minimum atomic E-state index is 0.285. The van der Waals surface area contributed by atoms with Gasteiger partial charge in [-0.1, -0.05) is 48.8 Å². The summed E-state index contributed by atoms with van der Waals surface area (Å²) in [5.41, 5.74) is 1.21. The summed E-state index contributed by atoms with van der Waals surface area (Å²) in [5.74, 6) is 1.07. The highest BCUT2D eigenvalue weighted by Gasteiger charge is 2.23. The number of halogens is 2. The van der Waals surface area contributed by atoms with Crippen LogP contribution >= 0.6 is 35.0 Å². The number of amidine groups is 1. The SMILES string of the molecule is CC1(C)CN=C(Nc2ccc(Cl)c(Cl)c2)SC1. The predicted molar refractivity (Wildman–Crippen MR) is 78.6 cm³/mol. The van der Waals surface area contributed by atoms with Crippen LogP contribution in [0.5, 0.6) is 0 Å². The van der Waals surface area contributed by atoms with Crippen LogP contribution in [0.4, 0.5) is 5.69 Å². The average molecular weight is 289 g/mol. The third kappa shape index (κ3) is 3.54. The molecule has 0 amide bonds. The summed E-state index contributed by atoms with van der Waals surface area (Å²) in [4.78, 5) is 4.52. The van der Waals surface area contributed by atoms with Crippen molar-refractivity contribution in [2.45, 2.75) is 13.8 Å². The number of anilines is 1. The first-order valence-corrected chi connectivity index (χ1v) is 7.10. The Bertz CT molecular complexity index is 458. The number of nitrogens with zero attached hydrogens (tertiary/aromatic N) is 1. The Morgan fingerprint density at radius 1 is 1.29 bits per heavy atom. The smallest absolute Gasteiger partial charge is 0.161 e. The molecule has 0 spiro atoms. The molecule has 2 rings (SSSR count). The van der Waals surface area contributed by atoms with Gasteiger partial charge in [0.15, 0.2) is 5.17 Å². The molecule has 2 nitrogen and oxygen atoms in total. The molecule has 92 valence electrons. The number of hydrogen-bond donors (Lipinski definition) is 1. The largest absolute Gasteiger partial charge is 0.335 e. The van der Waals surface area contributed by atoms with E-state index < -0.39 is 0 Å². The van der Waals surface area contributed by atoms with E-state index in [1.807, 2.05) is 12.1 Å². The monoisotopic (exact) mass is 288 g/mol. The average Bonchev–Trinajstić information content (AvgIpc) is 2.27.